The van der Waals surface area contributed by atoms with Crippen LogP contribution in [0, 0.1) is 29.6 Å². The molecule has 16 heavy (non-hydrogen) atoms. The van der Waals surface area contributed by atoms with E-state index in [2.05, 4.69) is 18.8 Å². The Kier molecular flexibility index (Phi) is 5.38. The van der Waals surface area contributed by atoms with Gasteiger partial charge in [0.1, 0.15) is 0 Å². The molecule has 0 aromatic carbocycles. The first-order valence-corrected chi connectivity index (χ1v) is 6.31. The van der Waals surface area contributed by atoms with Gasteiger partial charge in [0, 0.05) is 6.42 Å². The van der Waals surface area contributed by atoms with Gasteiger partial charge < -0.3 is 5.11 Å². The highest BCUT2D eigenvalue weighted by Gasteiger charge is 2.33. The summed E-state index contributed by atoms with van der Waals surface area (Å²) in [6.45, 7) is 4.02. The van der Waals surface area contributed by atoms with Crippen LogP contribution in [0.4, 0.5) is 0 Å². The minimum absolute atomic E-state index is 0.158. The molecule has 1 N–H and O–H groups in total. The van der Waals surface area contributed by atoms with E-state index in [0.717, 1.165) is 31.6 Å². The molecule has 3 atom stereocenters. The Labute approximate surface area is 98.4 Å². The fourth-order valence-corrected chi connectivity index (χ4v) is 2.82. The van der Waals surface area contributed by atoms with Crippen LogP contribution >= 0.6 is 0 Å². The predicted octanol–water partition coefficient (Wildman–Crippen LogP) is 3.32. The summed E-state index contributed by atoms with van der Waals surface area (Å²) in [5.41, 5.74) is 0. The molecule has 0 aliphatic heterocycles. The highest BCUT2D eigenvalue weighted by Crippen LogP contribution is 2.37. The lowest BCUT2D eigenvalue weighted by Gasteiger charge is -2.33. The fraction of sp³-hybridized carbons (Fsp3) is 0.786. The van der Waals surface area contributed by atoms with Crippen molar-refractivity contribution in [3.05, 3.63) is 0 Å². The normalized spacial score (nSPS) is 29.2. The van der Waals surface area contributed by atoms with Gasteiger partial charge in [-0.05, 0) is 38.0 Å². The maximum atomic E-state index is 11.1. The number of carbonyl (C=O) groups is 1. The Morgan fingerprint density at radius 1 is 1.44 bits per heavy atom. The topological polar surface area (TPSA) is 37.3 Å². The lowest BCUT2D eigenvalue weighted by molar-refractivity contribution is -0.145. The summed E-state index contributed by atoms with van der Waals surface area (Å²) in [4.78, 5) is 11.1. The number of hydrogen-bond donors (Lipinski definition) is 1. The highest BCUT2D eigenvalue weighted by atomic mass is 16.4. The van der Waals surface area contributed by atoms with Gasteiger partial charge in [0.15, 0.2) is 0 Å². The minimum atomic E-state index is -0.627. The molecular weight excluding hydrogens is 200 g/mol. The molecule has 0 radical (unpaired) electrons. The van der Waals surface area contributed by atoms with E-state index >= 15 is 0 Å². The molecule has 0 saturated heterocycles. The maximum absolute atomic E-state index is 11.1. The van der Waals surface area contributed by atoms with Crippen LogP contribution in [0.15, 0.2) is 0 Å². The van der Waals surface area contributed by atoms with Crippen LogP contribution in [-0.4, -0.2) is 11.1 Å². The van der Waals surface area contributed by atoms with Crippen molar-refractivity contribution in [3.8, 4) is 11.8 Å². The summed E-state index contributed by atoms with van der Waals surface area (Å²) in [7, 11) is 0. The van der Waals surface area contributed by atoms with E-state index in [4.69, 9.17) is 0 Å². The summed E-state index contributed by atoms with van der Waals surface area (Å²) in [6, 6.07) is 0. The molecule has 0 amide bonds. The molecule has 1 aliphatic rings. The number of hydrogen-bond acceptors (Lipinski definition) is 1. The quantitative estimate of drug-likeness (QED) is 0.741. The molecule has 3 unspecified atom stereocenters. The Morgan fingerprint density at radius 3 is 2.75 bits per heavy atom. The molecule has 0 aromatic heterocycles. The molecule has 2 heteroatoms. The summed E-state index contributed by atoms with van der Waals surface area (Å²) in [5, 5.41) is 9.18. The first-order valence-electron chi connectivity index (χ1n) is 6.31. The van der Waals surface area contributed by atoms with Crippen molar-refractivity contribution in [1.82, 2.24) is 0 Å². The molecule has 0 aromatic rings. The smallest absolute Gasteiger partial charge is 0.306 e. The van der Waals surface area contributed by atoms with Crippen molar-refractivity contribution in [2.24, 2.45) is 17.8 Å². The van der Waals surface area contributed by atoms with Gasteiger partial charge in [-0.1, -0.05) is 19.8 Å². The molecule has 90 valence electrons. The zero-order valence-corrected chi connectivity index (χ0v) is 10.3. The van der Waals surface area contributed by atoms with Gasteiger partial charge in [0.2, 0.25) is 0 Å². The molecule has 2 nitrogen and oxygen atoms in total. The lowest BCUT2D eigenvalue weighted by atomic mass is 9.71. The van der Waals surface area contributed by atoms with Gasteiger partial charge in [-0.25, -0.2) is 0 Å². The fourth-order valence-electron chi connectivity index (χ4n) is 2.82. The first kappa shape index (κ1) is 13.1. The second-order valence-corrected chi connectivity index (χ2v) is 4.80. The van der Waals surface area contributed by atoms with Crippen molar-refractivity contribution in [2.75, 3.05) is 0 Å². The van der Waals surface area contributed by atoms with Gasteiger partial charge in [0.25, 0.3) is 0 Å². The molecule has 0 heterocycles. The second-order valence-electron chi connectivity index (χ2n) is 4.80. The second kappa shape index (κ2) is 6.58. The first-order chi connectivity index (χ1) is 7.69. The Bertz CT molecular complexity index is 285. The average molecular weight is 222 g/mol. The van der Waals surface area contributed by atoms with E-state index in [9.17, 15) is 9.90 Å². The SMILES string of the molecule is CC#CCC1CC(CCC)CCC1C(=O)O. The van der Waals surface area contributed by atoms with E-state index in [-0.39, 0.29) is 11.8 Å². The number of carboxylic acids is 1. The monoisotopic (exact) mass is 222 g/mol. The van der Waals surface area contributed by atoms with Crippen LogP contribution in [0.5, 0.6) is 0 Å². The molecule has 1 aliphatic carbocycles. The molecule has 1 saturated carbocycles. The largest absolute Gasteiger partial charge is 0.481 e. The molecule has 1 fully saturated rings. The molecular formula is C14H22O2. The summed E-state index contributed by atoms with van der Waals surface area (Å²) < 4.78 is 0. The highest BCUT2D eigenvalue weighted by molar-refractivity contribution is 5.70. The Hall–Kier alpha value is -0.970. The summed E-state index contributed by atoms with van der Waals surface area (Å²) in [5.74, 6) is 6.14. The van der Waals surface area contributed by atoms with E-state index in [1.165, 1.54) is 12.8 Å². The van der Waals surface area contributed by atoms with Crippen LogP contribution in [0.2, 0.25) is 0 Å². The van der Waals surface area contributed by atoms with Gasteiger partial charge >= 0.3 is 5.97 Å². The number of rotatable bonds is 4. The third-order valence-electron chi connectivity index (χ3n) is 3.65. The van der Waals surface area contributed by atoms with Crippen molar-refractivity contribution >= 4 is 5.97 Å². The molecule has 0 spiro atoms. The van der Waals surface area contributed by atoms with Crippen LogP contribution in [0.25, 0.3) is 0 Å². The van der Waals surface area contributed by atoms with Gasteiger partial charge in [-0.3, -0.25) is 4.79 Å². The van der Waals surface area contributed by atoms with Crippen LogP contribution < -0.4 is 0 Å². The number of carboxylic acid groups (broad SMARTS) is 1. The van der Waals surface area contributed by atoms with Crippen LogP contribution in [-0.2, 0) is 4.79 Å². The van der Waals surface area contributed by atoms with Crippen molar-refractivity contribution in [2.45, 2.75) is 52.4 Å². The van der Waals surface area contributed by atoms with Gasteiger partial charge in [-0.2, -0.15) is 0 Å². The van der Waals surface area contributed by atoms with Crippen molar-refractivity contribution in [1.29, 1.82) is 0 Å². The molecule has 1 rings (SSSR count). The lowest BCUT2D eigenvalue weighted by Crippen LogP contribution is -2.30. The van der Waals surface area contributed by atoms with E-state index < -0.39 is 5.97 Å². The zero-order valence-electron chi connectivity index (χ0n) is 10.3. The Morgan fingerprint density at radius 2 is 2.19 bits per heavy atom. The van der Waals surface area contributed by atoms with Crippen LogP contribution in [0.1, 0.15) is 52.4 Å². The van der Waals surface area contributed by atoms with Gasteiger partial charge in [-0.15, -0.1) is 11.8 Å². The standard InChI is InChI=1S/C14H22O2/c1-3-5-7-12-10-11(6-4-2)8-9-13(12)14(15)16/h11-13H,4,6-10H2,1-2H3,(H,15,16). The average Bonchev–Trinajstić information content (AvgIpc) is 2.26. The maximum Gasteiger partial charge on any atom is 0.306 e. The summed E-state index contributed by atoms with van der Waals surface area (Å²) in [6.07, 6.45) is 6.18. The van der Waals surface area contributed by atoms with Gasteiger partial charge in [0.05, 0.1) is 5.92 Å². The molecule has 0 bridgehead atoms. The number of aliphatic carboxylic acids is 1. The van der Waals surface area contributed by atoms with Crippen LogP contribution in [0.3, 0.4) is 0 Å². The Balaban J connectivity index is 2.60. The summed E-state index contributed by atoms with van der Waals surface area (Å²) >= 11 is 0. The zero-order chi connectivity index (χ0) is 12.0. The van der Waals surface area contributed by atoms with E-state index in [1.54, 1.807) is 0 Å². The third kappa shape index (κ3) is 3.56. The van der Waals surface area contributed by atoms with E-state index in [0.29, 0.717) is 0 Å². The third-order valence-corrected chi connectivity index (χ3v) is 3.65. The minimum Gasteiger partial charge on any atom is -0.481 e. The van der Waals surface area contributed by atoms with Crippen molar-refractivity contribution in [3.63, 3.8) is 0 Å². The predicted molar refractivity (Wildman–Crippen MR) is 64.9 cm³/mol. The van der Waals surface area contributed by atoms with Crippen molar-refractivity contribution < 1.29 is 9.90 Å². The van der Waals surface area contributed by atoms with E-state index in [1.807, 2.05) is 6.92 Å².